The smallest absolute Gasteiger partial charge is 0.00671 e. The average Bonchev–Trinajstić information content (AvgIpc) is 2.89. The van der Waals surface area contributed by atoms with Crippen molar-refractivity contribution in [2.24, 2.45) is 23.7 Å². The van der Waals surface area contributed by atoms with Crippen LogP contribution in [0.15, 0.2) is 12.2 Å². The fourth-order valence-electron chi connectivity index (χ4n) is 4.44. The normalized spacial score (nSPS) is 37.9. The first-order valence-corrected chi connectivity index (χ1v) is 8.24. The second-order valence-electron chi connectivity index (χ2n) is 6.99. The molecule has 2 fully saturated rings. The monoisotopic (exact) mass is 247 g/mol. The van der Waals surface area contributed by atoms with Crippen LogP contribution in [0, 0.1) is 23.7 Å². The Labute approximate surface area is 112 Å². The van der Waals surface area contributed by atoms with Gasteiger partial charge in [-0.3, -0.25) is 0 Å². The molecule has 1 heteroatoms. The Hall–Kier alpha value is -0.300. The molecule has 4 atom stereocenters. The molecule has 0 amide bonds. The highest BCUT2D eigenvalue weighted by molar-refractivity contribution is 5.10. The summed E-state index contributed by atoms with van der Waals surface area (Å²) in [5.41, 5.74) is 0. The Morgan fingerprint density at radius 1 is 1.06 bits per heavy atom. The van der Waals surface area contributed by atoms with E-state index in [1.807, 2.05) is 0 Å². The molecule has 0 radical (unpaired) electrons. The van der Waals surface area contributed by atoms with Gasteiger partial charge in [0.05, 0.1) is 0 Å². The van der Waals surface area contributed by atoms with Gasteiger partial charge in [-0.2, -0.15) is 0 Å². The zero-order valence-electron chi connectivity index (χ0n) is 11.9. The van der Waals surface area contributed by atoms with Gasteiger partial charge in [-0.1, -0.05) is 37.8 Å². The van der Waals surface area contributed by atoms with Crippen LogP contribution in [0.1, 0.15) is 58.3 Å². The lowest BCUT2D eigenvalue weighted by Crippen LogP contribution is -2.37. The van der Waals surface area contributed by atoms with Crippen molar-refractivity contribution < 1.29 is 0 Å². The summed E-state index contributed by atoms with van der Waals surface area (Å²) in [5.74, 6) is 3.72. The van der Waals surface area contributed by atoms with Gasteiger partial charge in [0, 0.05) is 6.04 Å². The molecule has 1 N–H and O–H groups in total. The molecule has 0 heterocycles. The lowest BCUT2D eigenvalue weighted by molar-refractivity contribution is 0.306. The number of hydrogen-bond donors (Lipinski definition) is 1. The van der Waals surface area contributed by atoms with Crippen LogP contribution in [0.2, 0.25) is 0 Å². The summed E-state index contributed by atoms with van der Waals surface area (Å²) in [6, 6.07) is 0.742. The minimum Gasteiger partial charge on any atom is -0.314 e. The lowest BCUT2D eigenvalue weighted by Gasteiger charge is -2.27. The van der Waals surface area contributed by atoms with E-state index in [0.29, 0.717) is 0 Å². The summed E-state index contributed by atoms with van der Waals surface area (Å²) in [5, 5.41) is 3.87. The largest absolute Gasteiger partial charge is 0.314 e. The van der Waals surface area contributed by atoms with Gasteiger partial charge in [-0.05, 0) is 62.8 Å². The minimum atomic E-state index is 0.742. The summed E-state index contributed by atoms with van der Waals surface area (Å²) >= 11 is 0. The molecule has 3 aliphatic rings. The Balaban J connectivity index is 1.43. The van der Waals surface area contributed by atoms with Gasteiger partial charge in [-0.15, -0.1) is 0 Å². The quantitative estimate of drug-likeness (QED) is 0.581. The summed E-state index contributed by atoms with van der Waals surface area (Å²) in [6.45, 7) is 3.70. The van der Waals surface area contributed by atoms with Crippen molar-refractivity contribution in [2.75, 3.05) is 6.54 Å². The molecule has 2 saturated carbocycles. The van der Waals surface area contributed by atoms with Crippen molar-refractivity contribution in [3.63, 3.8) is 0 Å². The first kappa shape index (κ1) is 12.7. The average molecular weight is 247 g/mol. The number of hydrogen-bond acceptors (Lipinski definition) is 1. The molecule has 2 bridgehead atoms. The predicted molar refractivity (Wildman–Crippen MR) is 77.5 cm³/mol. The maximum atomic E-state index is 3.87. The fourth-order valence-corrected chi connectivity index (χ4v) is 4.44. The molecule has 0 saturated heterocycles. The Bertz CT molecular complexity index is 288. The van der Waals surface area contributed by atoms with E-state index >= 15 is 0 Å². The molecule has 3 aliphatic carbocycles. The molecule has 0 aromatic rings. The van der Waals surface area contributed by atoms with Crippen LogP contribution in [0.25, 0.3) is 0 Å². The Kier molecular flexibility index (Phi) is 4.08. The van der Waals surface area contributed by atoms with E-state index in [1.165, 1.54) is 57.9 Å². The summed E-state index contributed by atoms with van der Waals surface area (Å²) in [6.07, 6.45) is 16.6. The van der Waals surface area contributed by atoms with Crippen LogP contribution in [0.4, 0.5) is 0 Å². The summed E-state index contributed by atoms with van der Waals surface area (Å²) < 4.78 is 0. The van der Waals surface area contributed by atoms with E-state index in [2.05, 4.69) is 24.4 Å². The van der Waals surface area contributed by atoms with Gasteiger partial charge >= 0.3 is 0 Å². The van der Waals surface area contributed by atoms with Gasteiger partial charge < -0.3 is 5.32 Å². The summed E-state index contributed by atoms with van der Waals surface area (Å²) in [4.78, 5) is 0. The lowest BCUT2D eigenvalue weighted by atomic mass is 9.90. The van der Waals surface area contributed by atoms with Crippen molar-refractivity contribution in [3.8, 4) is 0 Å². The van der Waals surface area contributed by atoms with Crippen molar-refractivity contribution in [3.05, 3.63) is 12.2 Å². The highest BCUT2D eigenvalue weighted by Gasteiger charge is 2.35. The van der Waals surface area contributed by atoms with Gasteiger partial charge in [0.2, 0.25) is 0 Å². The van der Waals surface area contributed by atoms with E-state index in [9.17, 15) is 0 Å². The van der Waals surface area contributed by atoms with E-state index in [4.69, 9.17) is 0 Å². The van der Waals surface area contributed by atoms with Gasteiger partial charge in [0.15, 0.2) is 0 Å². The van der Waals surface area contributed by atoms with Crippen LogP contribution in [-0.4, -0.2) is 12.6 Å². The SMILES string of the molecule is C[C@H](NCC1CC2C=CC1C2)C1CCCCCC1. The van der Waals surface area contributed by atoms with E-state index in [0.717, 1.165) is 29.7 Å². The number of allylic oxidation sites excluding steroid dienone is 2. The molecular weight excluding hydrogens is 218 g/mol. The van der Waals surface area contributed by atoms with Crippen LogP contribution in [0.3, 0.4) is 0 Å². The zero-order valence-corrected chi connectivity index (χ0v) is 11.9. The van der Waals surface area contributed by atoms with E-state index in [1.54, 1.807) is 0 Å². The predicted octanol–water partition coefficient (Wildman–Crippen LogP) is 4.15. The van der Waals surface area contributed by atoms with Crippen LogP contribution >= 0.6 is 0 Å². The highest BCUT2D eigenvalue weighted by Crippen LogP contribution is 2.43. The van der Waals surface area contributed by atoms with Gasteiger partial charge in [0.25, 0.3) is 0 Å². The third kappa shape index (κ3) is 2.82. The van der Waals surface area contributed by atoms with Crippen molar-refractivity contribution in [1.29, 1.82) is 0 Å². The van der Waals surface area contributed by atoms with Crippen molar-refractivity contribution >= 4 is 0 Å². The Morgan fingerprint density at radius 2 is 1.83 bits per heavy atom. The first-order valence-electron chi connectivity index (χ1n) is 8.24. The van der Waals surface area contributed by atoms with E-state index < -0.39 is 0 Å². The molecule has 0 aromatic carbocycles. The molecule has 102 valence electrons. The van der Waals surface area contributed by atoms with Crippen LogP contribution < -0.4 is 5.32 Å². The number of nitrogens with one attached hydrogen (secondary N) is 1. The molecular formula is C17H29N. The second kappa shape index (κ2) is 5.77. The molecule has 0 spiro atoms. The maximum Gasteiger partial charge on any atom is 0.00671 e. The second-order valence-corrected chi connectivity index (χ2v) is 6.99. The molecule has 3 rings (SSSR count). The molecule has 1 nitrogen and oxygen atoms in total. The van der Waals surface area contributed by atoms with E-state index in [-0.39, 0.29) is 0 Å². The van der Waals surface area contributed by atoms with Crippen LogP contribution in [0.5, 0.6) is 0 Å². The van der Waals surface area contributed by atoms with Crippen LogP contribution in [-0.2, 0) is 0 Å². The van der Waals surface area contributed by atoms with Crippen molar-refractivity contribution in [2.45, 2.75) is 64.3 Å². The maximum absolute atomic E-state index is 3.87. The first-order chi connectivity index (χ1) is 8.83. The van der Waals surface area contributed by atoms with Crippen molar-refractivity contribution in [1.82, 2.24) is 5.32 Å². The topological polar surface area (TPSA) is 12.0 Å². The van der Waals surface area contributed by atoms with Gasteiger partial charge in [-0.25, -0.2) is 0 Å². The third-order valence-electron chi connectivity index (χ3n) is 5.73. The van der Waals surface area contributed by atoms with Gasteiger partial charge in [0.1, 0.15) is 0 Å². The minimum absolute atomic E-state index is 0.742. The standard InChI is InChI=1S/C17H29N/c1-13(15-6-4-2-3-5-7-15)18-12-17-11-14-8-9-16(17)10-14/h8-9,13-18H,2-7,10-12H2,1H3/t13-,14?,16?,17?/m0/s1. The fraction of sp³-hybridized carbons (Fsp3) is 0.882. The molecule has 0 aliphatic heterocycles. The number of fused-ring (bicyclic) bond motifs is 2. The zero-order chi connectivity index (χ0) is 12.4. The molecule has 0 aromatic heterocycles. The highest BCUT2D eigenvalue weighted by atomic mass is 14.9. The molecule has 3 unspecified atom stereocenters. The third-order valence-corrected chi connectivity index (χ3v) is 5.73. The molecule has 18 heavy (non-hydrogen) atoms. The Morgan fingerprint density at radius 3 is 2.44 bits per heavy atom. The summed E-state index contributed by atoms with van der Waals surface area (Å²) in [7, 11) is 0. The number of rotatable bonds is 4.